The minimum atomic E-state index is 0.460. The minimum Gasteiger partial charge on any atom is -0.493 e. The fourth-order valence-electron chi connectivity index (χ4n) is 3.43. The second-order valence-corrected chi connectivity index (χ2v) is 6.19. The Morgan fingerprint density at radius 2 is 2.05 bits per heavy atom. The molecule has 1 saturated carbocycles. The molecule has 1 heterocycles. The maximum absolute atomic E-state index is 5.86. The first-order valence-electron chi connectivity index (χ1n) is 7.38. The predicted octanol–water partition coefficient (Wildman–Crippen LogP) is 2.22. The molecule has 0 spiro atoms. The smallest absolute Gasteiger partial charge is 0.122 e. The van der Waals surface area contributed by atoms with Crippen LogP contribution in [0, 0.1) is 5.92 Å². The Labute approximate surface area is 115 Å². The summed E-state index contributed by atoms with van der Waals surface area (Å²) in [6.45, 7) is 3.17. The summed E-state index contributed by atoms with van der Waals surface area (Å²) in [5, 5.41) is 0. The van der Waals surface area contributed by atoms with Gasteiger partial charge >= 0.3 is 0 Å². The third-order valence-corrected chi connectivity index (χ3v) is 4.46. The average Bonchev–Trinajstić information content (AvgIpc) is 2.37. The quantitative estimate of drug-likeness (QED) is 0.902. The maximum Gasteiger partial charge on any atom is 0.122 e. The fraction of sp³-hybridized carbons (Fsp3) is 0.625. The molecule has 1 aliphatic carbocycles. The number of fused-ring (bicyclic) bond motifs is 1. The van der Waals surface area contributed by atoms with E-state index in [1.807, 2.05) is 0 Å². The molecule has 1 aromatic rings. The first kappa shape index (κ1) is 12.9. The molecule has 1 aromatic carbocycles. The number of hydrogen-bond donors (Lipinski definition) is 1. The molecule has 1 atom stereocenters. The standard InChI is InChI=1S/C16H24N2O/c1-18(10-12-8-14(17)9-12)11-13-6-7-19-16-5-3-2-4-15(13)16/h2-5,12-14H,6-11,17H2,1H3. The molecule has 1 aliphatic heterocycles. The number of hydrogen-bond acceptors (Lipinski definition) is 3. The van der Waals surface area contributed by atoms with E-state index in [2.05, 4.69) is 36.2 Å². The normalized spacial score (nSPS) is 29.5. The minimum absolute atomic E-state index is 0.460. The van der Waals surface area contributed by atoms with Crippen LogP contribution in [0.25, 0.3) is 0 Å². The zero-order valence-corrected chi connectivity index (χ0v) is 11.7. The third-order valence-electron chi connectivity index (χ3n) is 4.46. The molecule has 3 nitrogen and oxygen atoms in total. The third kappa shape index (κ3) is 2.93. The van der Waals surface area contributed by atoms with E-state index < -0.39 is 0 Å². The van der Waals surface area contributed by atoms with Gasteiger partial charge in [-0.15, -0.1) is 0 Å². The highest BCUT2D eigenvalue weighted by molar-refractivity contribution is 5.37. The largest absolute Gasteiger partial charge is 0.493 e. The number of ether oxygens (including phenoxy) is 1. The lowest BCUT2D eigenvalue weighted by Gasteiger charge is -2.37. The summed E-state index contributed by atoms with van der Waals surface area (Å²) in [7, 11) is 2.24. The van der Waals surface area contributed by atoms with Crippen LogP contribution in [-0.4, -0.2) is 37.7 Å². The van der Waals surface area contributed by atoms with Gasteiger partial charge in [-0.05, 0) is 43.9 Å². The first-order valence-corrected chi connectivity index (χ1v) is 7.38. The molecule has 2 aliphatic rings. The van der Waals surface area contributed by atoms with Crippen molar-refractivity contribution in [3.05, 3.63) is 29.8 Å². The second kappa shape index (κ2) is 5.51. The number of nitrogens with zero attached hydrogens (tertiary/aromatic N) is 1. The molecule has 0 bridgehead atoms. The molecule has 1 unspecified atom stereocenters. The number of para-hydroxylation sites is 1. The molecule has 3 rings (SSSR count). The van der Waals surface area contributed by atoms with Gasteiger partial charge in [-0.25, -0.2) is 0 Å². The zero-order valence-electron chi connectivity index (χ0n) is 11.7. The average molecular weight is 260 g/mol. The van der Waals surface area contributed by atoms with Gasteiger partial charge in [0.2, 0.25) is 0 Å². The van der Waals surface area contributed by atoms with Crippen LogP contribution in [0.5, 0.6) is 5.75 Å². The van der Waals surface area contributed by atoms with E-state index in [-0.39, 0.29) is 0 Å². The van der Waals surface area contributed by atoms with Gasteiger partial charge in [-0.2, -0.15) is 0 Å². The Hall–Kier alpha value is -1.06. The van der Waals surface area contributed by atoms with Crippen molar-refractivity contribution in [2.75, 3.05) is 26.7 Å². The van der Waals surface area contributed by atoms with Gasteiger partial charge in [0.05, 0.1) is 6.61 Å². The van der Waals surface area contributed by atoms with E-state index in [1.54, 1.807) is 0 Å². The molecular formula is C16H24N2O. The predicted molar refractivity (Wildman–Crippen MR) is 77.5 cm³/mol. The van der Waals surface area contributed by atoms with Gasteiger partial charge < -0.3 is 15.4 Å². The highest BCUT2D eigenvalue weighted by Gasteiger charge is 2.28. The van der Waals surface area contributed by atoms with Crippen molar-refractivity contribution in [3.63, 3.8) is 0 Å². The van der Waals surface area contributed by atoms with Gasteiger partial charge in [-0.3, -0.25) is 0 Å². The van der Waals surface area contributed by atoms with Crippen LogP contribution in [0.1, 0.15) is 30.7 Å². The Kier molecular flexibility index (Phi) is 3.76. The zero-order chi connectivity index (χ0) is 13.2. The topological polar surface area (TPSA) is 38.5 Å². The van der Waals surface area contributed by atoms with Gasteiger partial charge in [0.1, 0.15) is 5.75 Å². The molecule has 0 amide bonds. The highest BCUT2D eigenvalue weighted by atomic mass is 16.5. The Balaban J connectivity index is 1.58. The number of benzene rings is 1. The summed E-state index contributed by atoms with van der Waals surface area (Å²) in [4.78, 5) is 2.48. The van der Waals surface area contributed by atoms with Crippen LogP contribution in [0.2, 0.25) is 0 Å². The molecule has 19 heavy (non-hydrogen) atoms. The van der Waals surface area contributed by atoms with E-state index in [0.717, 1.165) is 31.2 Å². The lowest BCUT2D eigenvalue weighted by molar-refractivity contribution is 0.166. The van der Waals surface area contributed by atoms with Gasteiger partial charge in [0, 0.05) is 25.0 Å². The second-order valence-electron chi connectivity index (χ2n) is 6.19. The van der Waals surface area contributed by atoms with Crippen molar-refractivity contribution in [2.45, 2.75) is 31.2 Å². The van der Waals surface area contributed by atoms with Crippen LogP contribution >= 0.6 is 0 Å². The van der Waals surface area contributed by atoms with E-state index in [9.17, 15) is 0 Å². The molecular weight excluding hydrogens is 236 g/mol. The van der Waals surface area contributed by atoms with Crippen molar-refractivity contribution in [1.29, 1.82) is 0 Å². The maximum atomic E-state index is 5.86. The molecule has 0 radical (unpaired) electrons. The van der Waals surface area contributed by atoms with E-state index in [1.165, 1.54) is 24.9 Å². The van der Waals surface area contributed by atoms with Gasteiger partial charge in [0.25, 0.3) is 0 Å². The number of rotatable bonds is 4. The van der Waals surface area contributed by atoms with Crippen molar-refractivity contribution in [3.8, 4) is 5.75 Å². The summed E-state index contributed by atoms with van der Waals surface area (Å²) in [6.07, 6.45) is 3.54. The highest BCUT2D eigenvalue weighted by Crippen LogP contribution is 2.34. The van der Waals surface area contributed by atoms with E-state index >= 15 is 0 Å². The van der Waals surface area contributed by atoms with Crippen molar-refractivity contribution in [2.24, 2.45) is 11.7 Å². The number of nitrogens with two attached hydrogens (primary N) is 1. The Morgan fingerprint density at radius 3 is 2.84 bits per heavy atom. The van der Waals surface area contributed by atoms with E-state index in [0.29, 0.717) is 12.0 Å². The molecule has 104 valence electrons. The summed E-state index contributed by atoms with van der Waals surface area (Å²) < 4.78 is 5.73. The SMILES string of the molecule is CN(CC1CC(N)C1)CC1CCOc2ccccc21. The lowest BCUT2D eigenvalue weighted by atomic mass is 9.80. The molecule has 3 heteroatoms. The molecule has 1 fully saturated rings. The van der Waals surface area contributed by atoms with Crippen molar-refractivity contribution < 1.29 is 4.74 Å². The number of likely N-dealkylation sites (N-methyl/N-ethyl adjacent to an activating group) is 1. The first-order chi connectivity index (χ1) is 9.22. The van der Waals surface area contributed by atoms with Crippen molar-refractivity contribution in [1.82, 2.24) is 4.90 Å². The lowest BCUT2D eigenvalue weighted by Crippen LogP contribution is -2.42. The Morgan fingerprint density at radius 1 is 1.26 bits per heavy atom. The summed E-state index contributed by atoms with van der Waals surface area (Å²) in [6, 6.07) is 8.94. The Bertz CT molecular complexity index is 429. The fourth-order valence-corrected chi connectivity index (χ4v) is 3.43. The van der Waals surface area contributed by atoms with Gasteiger partial charge in [0.15, 0.2) is 0 Å². The van der Waals surface area contributed by atoms with Gasteiger partial charge in [-0.1, -0.05) is 18.2 Å². The van der Waals surface area contributed by atoms with Crippen LogP contribution in [0.4, 0.5) is 0 Å². The van der Waals surface area contributed by atoms with Crippen LogP contribution < -0.4 is 10.5 Å². The van der Waals surface area contributed by atoms with Crippen molar-refractivity contribution >= 4 is 0 Å². The summed E-state index contributed by atoms with van der Waals surface area (Å²) in [5.41, 5.74) is 7.24. The van der Waals surface area contributed by atoms with Crippen LogP contribution in [0.3, 0.4) is 0 Å². The van der Waals surface area contributed by atoms with E-state index in [4.69, 9.17) is 10.5 Å². The summed E-state index contributed by atoms with van der Waals surface area (Å²) in [5.74, 6) is 2.51. The molecule has 0 saturated heterocycles. The monoisotopic (exact) mass is 260 g/mol. The van der Waals surface area contributed by atoms with Crippen LogP contribution in [0.15, 0.2) is 24.3 Å². The molecule has 2 N–H and O–H groups in total. The molecule has 0 aromatic heterocycles. The summed E-state index contributed by atoms with van der Waals surface area (Å²) >= 11 is 0. The van der Waals surface area contributed by atoms with Crippen LogP contribution in [-0.2, 0) is 0 Å².